The third-order valence-electron chi connectivity index (χ3n) is 1.05. The summed E-state index contributed by atoms with van der Waals surface area (Å²) < 4.78 is 6.20. The molecule has 1 nitrogen and oxygen atoms in total. The van der Waals surface area contributed by atoms with Crippen LogP contribution in [0.25, 0.3) is 0 Å². The summed E-state index contributed by atoms with van der Waals surface area (Å²) in [4.78, 5) is 0. The molecule has 1 aromatic carbocycles. The zero-order valence-corrected chi connectivity index (χ0v) is 7.25. The summed E-state index contributed by atoms with van der Waals surface area (Å²) in [5.74, 6) is 0.912. The molecule has 64 valence electrons. The summed E-state index contributed by atoms with van der Waals surface area (Å²) in [6.45, 7) is 0. The van der Waals surface area contributed by atoms with Gasteiger partial charge in [-0.15, -0.1) is 0 Å². The minimum Gasteiger partial charge on any atom is -0.497 e. The van der Waals surface area contributed by atoms with E-state index < -0.39 is 0 Å². The number of hydrogen-bond donors (Lipinski definition) is 0. The first-order valence-corrected chi connectivity index (χ1v) is 3.70. The molecule has 0 fully saturated rings. The highest BCUT2D eigenvalue weighted by Crippen LogP contribution is 2.11. The summed E-state index contributed by atoms with van der Waals surface area (Å²) in [5, 5.41) is 0. The van der Waals surface area contributed by atoms with Crippen molar-refractivity contribution in [3.8, 4) is 5.75 Å². The van der Waals surface area contributed by atoms with Crippen molar-refractivity contribution >= 4 is 22.6 Å². The van der Waals surface area contributed by atoms with Gasteiger partial charge in [0, 0.05) is 3.57 Å². The minimum absolute atomic E-state index is 0. The molecule has 1 aromatic rings. The van der Waals surface area contributed by atoms with Crippen LogP contribution in [0.1, 0.15) is 14.9 Å². The van der Waals surface area contributed by atoms with Crippen LogP contribution in [0, 0.1) is 3.57 Å². The average Bonchev–Trinajstić information content (AvgIpc) is 1.90. The van der Waals surface area contributed by atoms with Crippen LogP contribution >= 0.6 is 22.6 Å². The van der Waals surface area contributed by atoms with Crippen LogP contribution in [-0.4, -0.2) is 7.11 Å². The van der Waals surface area contributed by atoms with Gasteiger partial charge in [-0.05, 0) is 46.9 Å². The van der Waals surface area contributed by atoms with E-state index >= 15 is 0 Å². The van der Waals surface area contributed by atoms with Crippen LogP contribution in [0.5, 0.6) is 5.75 Å². The molecule has 0 aliphatic rings. The Kier molecular flexibility index (Phi) is 7.84. The van der Waals surface area contributed by atoms with Gasteiger partial charge in [-0.25, -0.2) is 0 Å². The molecule has 0 unspecified atom stereocenters. The summed E-state index contributed by atoms with van der Waals surface area (Å²) >= 11 is 2.26. The Hall–Kier alpha value is -0.250. The van der Waals surface area contributed by atoms with Crippen molar-refractivity contribution in [2.24, 2.45) is 0 Å². The Morgan fingerprint density at radius 1 is 1.09 bits per heavy atom. The SMILES string of the molecule is C.C.COc1ccc(I)cc1. The molecule has 0 bridgehead atoms. The van der Waals surface area contributed by atoms with Gasteiger partial charge >= 0.3 is 0 Å². The lowest BCUT2D eigenvalue weighted by Gasteiger charge is -1.96. The Bertz CT molecular complexity index is 181. The first kappa shape index (κ1) is 13.3. The molecule has 0 aromatic heterocycles. The third kappa shape index (κ3) is 4.24. The van der Waals surface area contributed by atoms with Crippen molar-refractivity contribution in [1.29, 1.82) is 0 Å². The first-order valence-electron chi connectivity index (χ1n) is 2.62. The second-order valence-electron chi connectivity index (χ2n) is 1.66. The second-order valence-corrected chi connectivity index (χ2v) is 2.90. The van der Waals surface area contributed by atoms with E-state index in [0.717, 1.165) is 5.75 Å². The maximum Gasteiger partial charge on any atom is 0.118 e. The first-order chi connectivity index (χ1) is 4.33. The van der Waals surface area contributed by atoms with E-state index in [2.05, 4.69) is 22.6 Å². The molecule has 0 spiro atoms. The number of ether oxygens (including phenoxy) is 1. The van der Waals surface area contributed by atoms with Gasteiger partial charge in [-0.2, -0.15) is 0 Å². The molecule has 0 atom stereocenters. The van der Waals surface area contributed by atoms with Crippen LogP contribution in [0.15, 0.2) is 24.3 Å². The normalized spacial score (nSPS) is 7.45. The fourth-order valence-corrected chi connectivity index (χ4v) is 0.930. The maximum absolute atomic E-state index is 4.97. The summed E-state index contributed by atoms with van der Waals surface area (Å²) in [6.07, 6.45) is 0. The van der Waals surface area contributed by atoms with Crippen molar-refractivity contribution in [2.75, 3.05) is 7.11 Å². The van der Waals surface area contributed by atoms with E-state index in [0.29, 0.717) is 0 Å². The Labute approximate surface area is 82.9 Å². The molecule has 0 aliphatic carbocycles. The monoisotopic (exact) mass is 266 g/mol. The van der Waals surface area contributed by atoms with Gasteiger partial charge in [0.1, 0.15) is 5.75 Å². The standard InChI is InChI=1S/C7H7IO.2CH4/c1-9-7-4-2-6(8)3-5-7;;/h2-5H,1H3;2*1H4. The molecule has 0 amide bonds. The number of methoxy groups -OCH3 is 1. The molecular weight excluding hydrogens is 251 g/mol. The molecule has 0 saturated carbocycles. The number of rotatable bonds is 1. The van der Waals surface area contributed by atoms with Crippen LogP contribution in [0.3, 0.4) is 0 Å². The smallest absolute Gasteiger partial charge is 0.118 e. The molecule has 11 heavy (non-hydrogen) atoms. The van der Waals surface area contributed by atoms with Crippen LogP contribution in [0.2, 0.25) is 0 Å². The molecule has 0 N–H and O–H groups in total. The lowest BCUT2D eigenvalue weighted by molar-refractivity contribution is 0.414. The van der Waals surface area contributed by atoms with Gasteiger partial charge in [-0.3, -0.25) is 0 Å². The van der Waals surface area contributed by atoms with Gasteiger partial charge in [-0.1, -0.05) is 14.9 Å². The zero-order valence-electron chi connectivity index (χ0n) is 5.10. The molecule has 1 rings (SSSR count). The Morgan fingerprint density at radius 3 is 1.91 bits per heavy atom. The molecule has 0 aliphatic heterocycles. The molecule has 0 saturated heterocycles. The third-order valence-corrected chi connectivity index (χ3v) is 1.77. The van der Waals surface area contributed by atoms with Gasteiger partial charge in [0.2, 0.25) is 0 Å². The fraction of sp³-hybridized carbons (Fsp3) is 0.333. The van der Waals surface area contributed by atoms with Gasteiger partial charge in [0.15, 0.2) is 0 Å². The maximum atomic E-state index is 4.97. The van der Waals surface area contributed by atoms with Crippen molar-refractivity contribution in [2.45, 2.75) is 14.9 Å². The van der Waals surface area contributed by atoms with Crippen molar-refractivity contribution < 1.29 is 4.74 Å². The van der Waals surface area contributed by atoms with E-state index in [9.17, 15) is 0 Å². The Morgan fingerprint density at radius 2 is 1.55 bits per heavy atom. The van der Waals surface area contributed by atoms with E-state index in [-0.39, 0.29) is 14.9 Å². The van der Waals surface area contributed by atoms with E-state index in [1.807, 2.05) is 24.3 Å². The topological polar surface area (TPSA) is 9.23 Å². The van der Waals surface area contributed by atoms with Crippen LogP contribution in [-0.2, 0) is 0 Å². The van der Waals surface area contributed by atoms with Crippen LogP contribution < -0.4 is 4.74 Å². The number of hydrogen-bond acceptors (Lipinski definition) is 1. The van der Waals surface area contributed by atoms with E-state index in [4.69, 9.17) is 4.74 Å². The predicted octanol–water partition coefficient (Wildman–Crippen LogP) is 3.57. The second kappa shape index (κ2) is 6.46. The van der Waals surface area contributed by atoms with Crippen molar-refractivity contribution in [3.63, 3.8) is 0 Å². The lowest BCUT2D eigenvalue weighted by Crippen LogP contribution is -1.80. The highest BCUT2D eigenvalue weighted by molar-refractivity contribution is 14.1. The van der Waals surface area contributed by atoms with Gasteiger partial charge < -0.3 is 4.74 Å². The molecular formula is C9H15IO. The van der Waals surface area contributed by atoms with Gasteiger partial charge in [0.05, 0.1) is 7.11 Å². The number of benzene rings is 1. The molecule has 0 radical (unpaired) electrons. The lowest BCUT2D eigenvalue weighted by atomic mass is 10.3. The highest BCUT2D eigenvalue weighted by atomic mass is 127. The Balaban J connectivity index is 0. The number of halogens is 1. The highest BCUT2D eigenvalue weighted by Gasteiger charge is 1.86. The summed E-state index contributed by atoms with van der Waals surface area (Å²) in [6, 6.07) is 7.92. The van der Waals surface area contributed by atoms with E-state index in [1.165, 1.54) is 3.57 Å². The largest absolute Gasteiger partial charge is 0.497 e. The average molecular weight is 266 g/mol. The quantitative estimate of drug-likeness (QED) is 0.706. The van der Waals surface area contributed by atoms with E-state index in [1.54, 1.807) is 7.11 Å². The molecule has 0 heterocycles. The van der Waals surface area contributed by atoms with Crippen molar-refractivity contribution in [1.82, 2.24) is 0 Å². The zero-order chi connectivity index (χ0) is 6.69. The fourth-order valence-electron chi connectivity index (χ4n) is 0.571. The van der Waals surface area contributed by atoms with Gasteiger partial charge in [0.25, 0.3) is 0 Å². The predicted molar refractivity (Wildman–Crippen MR) is 59.2 cm³/mol. The summed E-state index contributed by atoms with van der Waals surface area (Å²) in [5.41, 5.74) is 0. The van der Waals surface area contributed by atoms with Crippen LogP contribution in [0.4, 0.5) is 0 Å². The summed E-state index contributed by atoms with van der Waals surface area (Å²) in [7, 11) is 1.67. The minimum atomic E-state index is 0. The molecule has 2 heteroatoms. The van der Waals surface area contributed by atoms with Crippen molar-refractivity contribution in [3.05, 3.63) is 27.8 Å².